The summed E-state index contributed by atoms with van der Waals surface area (Å²) in [7, 11) is 0. The number of alkyl halides is 2. The molecule has 3 nitrogen and oxygen atoms in total. The number of hydrogen-bond donors (Lipinski definition) is 1. The Balaban J connectivity index is 1.73. The quantitative estimate of drug-likeness (QED) is 0.789. The van der Waals surface area contributed by atoms with Crippen molar-refractivity contribution in [3.63, 3.8) is 0 Å². The lowest BCUT2D eigenvalue weighted by Crippen LogP contribution is -2.53. The van der Waals surface area contributed by atoms with Crippen molar-refractivity contribution in [2.45, 2.75) is 76.9 Å². The minimum absolute atomic E-state index is 0.00778. The average Bonchev–Trinajstić information content (AvgIpc) is 2.16. The van der Waals surface area contributed by atoms with Gasteiger partial charge < -0.3 is 10.1 Å². The maximum atomic E-state index is 13.1. The first-order valence-electron chi connectivity index (χ1n) is 6.97. The third kappa shape index (κ3) is 3.80. The van der Waals surface area contributed by atoms with E-state index in [9.17, 15) is 13.6 Å². The van der Waals surface area contributed by atoms with Gasteiger partial charge in [-0.3, -0.25) is 0 Å². The summed E-state index contributed by atoms with van der Waals surface area (Å²) in [6, 6.07) is 0.0848. The van der Waals surface area contributed by atoms with Gasteiger partial charge in [-0.05, 0) is 51.9 Å². The van der Waals surface area contributed by atoms with E-state index in [-0.39, 0.29) is 24.3 Å². The summed E-state index contributed by atoms with van der Waals surface area (Å²) in [5, 5.41) is 2.82. The Hall–Kier alpha value is -0.870. The zero-order valence-electron chi connectivity index (χ0n) is 11.9. The molecule has 0 aromatic carbocycles. The maximum absolute atomic E-state index is 13.1. The minimum Gasteiger partial charge on any atom is -0.444 e. The highest BCUT2D eigenvalue weighted by Gasteiger charge is 2.50. The van der Waals surface area contributed by atoms with Gasteiger partial charge in [-0.2, -0.15) is 0 Å². The summed E-state index contributed by atoms with van der Waals surface area (Å²) in [6.45, 7) is 5.45. The second-order valence-electron chi connectivity index (χ2n) is 7.11. The minimum atomic E-state index is -2.48. The largest absolute Gasteiger partial charge is 0.444 e. The molecule has 0 unspecified atom stereocenters. The molecule has 0 aromatic rings. The lowest BCUT2D eigenvalue weighted by atomic mass is 9.58. The lowest BCUT2D eigenvalue weighted by molar-refractivity contribution is -0.0940. The van der Waals surface area contributed by atoms with Crippen LogP contribution in [-0.4, -0.2) is 23.7 Å². The Bertz CT molecular complexity index is 345. The highest BCUT2D eigenvalue weighted by molar-refractivity contribution is 5.68. The van der Waals surface area contributed by atoms with Gasteiger partial charge in [0.15, 0.2) is 0 Å². The smallest absolute Gasteiger partial charge is 0.407 e. The molecule has 2 aliphatic rings. The zero-order chi connectivity index (χ0) is 14.3. The fraction of sp³-hybridized carbons (Fsp3) is 0.929. The molecule has 5 heteroatoms. The molecule has 0 radical (unpaired) electrons. The molecule has 2 fully saturated rings. The molecule has 0 bridgehead atoms. The molecule has 1 amide bonds. The van der Waals surface area contributed by atoms with Crippen LogP contribution >= 0.6 is 0 Å². The van der Waals surface area contributed by atoms with E-state index in [1.807, 2.05) is 20.8 Å². The Kier molecular flexibility index (Phi) is 3.52. The van der Waals surface area contributed by atoms with E-state index in [2.05, 4.69) is 5.32 Å². The van der Waals surface area contributed by atoms with Crippen molar-refractivity contribution in [2.24, 2.45) is 5.41 Å². The number of nitrogens with one attached hydrogen (secondary N) is 1. The van der Waals surface area contributed by atoms with Gasteiger partial charge in [0.05, 0.1) is 0 Å². The number of alkyl carbamates (subject to hydrolysis) is 1. The van der Waals surface area contributed by atoms with E-state index in [0.717, 1.165) is 12.8 Å². The van der Waals surface area contributed by atoms with E-state index >= 15 is 0 Å². The molecule has 2 saturated carbocycles. The van der Waals surface area contributed by atoms with Crippen molar-refractivity contribution in [3.05, 3.63) is 0 Å². The number of carbonyl (C=O) groups is 1. The van der Waals surface area contributed by atoms with Crippen LogP contribution in [0.1, 0.15) is 59.3 Å². The van der Waals surface area contributed by atoms with Crippen LogP contribution < -0.4 is 5.32 Å². The molecule has 0 heterocycles. The number of ether oxygens (including phenoxy) is 1. The molecule has 1 spiro atoms. The number of carbonyl (C=O) groups excluding carboxylic acids is 1. The maximum Gasteiger partial charge on any atom is 0.407 e. The van der Waals surface area contributed by atoms with Crippen LogP contribution in [0.25, 0.3) is 0 Å². The van der Waals surface area contributed by atoms with Crippen LogP contribution in [0, 0.1) is 5.41 Å². The first kappa shape index (κ1) is 14.5. The predicted molar refractivity (Wildman–Crippen MR) is 68.2 cm³/mol. The third-order valence-corrected chi connectivity index (χ3v) is 4.12. The van der Waals surface area contributed by atoms with Gasteiger partial charge in [-0.1, -0.05) is 0 Å². The van der Waals surface area contributed by atoms with Crippen LogP contribution in [0.5, 0.6) is 0 Å². The fourth-order valence-electron chi connectivity index (χ4n) is 3.12. The van der Waals surface area contributed by atoms with Gasteiger partial charge in [0.1, 0.15) is 5.60 Å². The summed E-state index contributed by atoms with van der Waals surface area (Å²) < 4.78 is 31.4. The van der Waals surface area contributed by atoms with Crippen LogP contribution in [0.15, 0.2) is 0 Å². The monoisotopic (exact) mass is 275 g/mol. The Morgan fingerprint density at radius 1 is 1.16 bits per heavy atom. The molecule has 0 aromatic heterocycles. The van der Waals surface area contributed by atoms with Crippen molar-refractivity contribution in [2.75, 3.05) is 0 Å². The molecule has 0 aliphatic heterocycles. The topological polar surface area (TPSA) is 38.3 Å². The first-order valence-corrected chi connectivity index (χ1v) is 6.97. The number of rotatable bonds is 1. The highest BCUT2D eigenvalue weighted by atomic mass is 19.3. The van der Waals surface area contributed by atoms with E-state index in [4.69, 9.17) is 4.74 Å². The zero-order valence-corrected chi connectivity index (χ0v) is 11.9. The summed E-state index contributed by atoms with van der Waals surface area (Å²) >= 11 is 0. The fourth-order valence-corrected chi connectivity index (χ4v) is 3.12. The number of hydrogen-bond acceptors (Lipinski definition) is 2. The standard InChI is InChI=1S/C14H23F2NO2/c1-12(2,3)19-11(18)17-10-8-13(9-10)4-6-14(15,16)7-5-13/h10H,4-9H2,1-3H3,(H,17,18). The van der Waals surface area contributed by atoms with Gasteiger partial charge in [-0.25, -0.2) is 13.6 Å². The molecule has 2 aliphatic carbocycles. The van der Waals surface area contributed by atoms with Crippen molar-refractivity contribution >= 4 is 6.09 Å². The molecular weight excluding hydrogens is 252 g/mol. The average molecular weight is 275 g/mol. The predicted octanol–water partition coefficient (Wildman–Crippen LogP) is 3.87. The molecular formula is C14H23F2NO2. The van der Waals surface area contributed by atoms with E-state index in [0.29, 0.717) is 12.8 Å². The summed E-state index contributed by atoms with van der Waals surface area (Å²) in [6.07, 6.45) is 2.34. The molecule has 1 N–H and O–H groups in total. The summed E-state index contributed by atoms with van der Waals surface area (Å²) in [5.74, 6) is -2.48. The summed E-state index contributed by atoms with van der Waals surface area (Å²) in [4.78, 5) is 11.6. The summed E-state index contributed by atoms with van der Waals surface area (Å²) in [5.41, 5.74) is -0.459. The number of halogens is 2. The normalized spacial score (nSPS) is 25.7. The van der Waals surface area contributed by atoms with Gasteiger partial charge in [0, 0.05) is 18.9 Å². The van der Waals surface area contributed by atoms with Crippen molar-refractivity contribution in [1.82, 2.24) is 5.32 Å². The molecule has 0 saturated heterocycles. The van der Waals surface area contributed by atoms with Crippen LogP contribution in [0.3, 0.4) is 0 Å². The van der Waals surface area contributed by atoms with Crippen LogP contribution in [0.4, 0.5) is 13.6 Å². The third-order valence-electron chi connectivity index (χ3n) is 4.12. The second-order valence-corrected chi connectivity index (χ2v) is 7.11. The number of amides is 1. The lowest BCUT2D eigenvalue weighted by Gasteiger charge is -2.51. The van der Waals surface area contributed by atoms with Crippen LogP contribution in [-0.2, 0) is 4.74 Å². The Morgan fingerprint density at radius 3 is 2.16 bits per heavy atom. The molecule has 110 valence electrons. The molecule has 2 rings (SSSR count). The van der Waals surface area contributed by atoms with Crippen molar-refractivity contribution in [1.29, 1.82) is 0 Å². The molecule has 0 atom stereocenters. The van der Waals surface area contributed by atoms with Crippen molar-refractivity contribution < 1.29 is 18.3 Å². The van der Waals surface area contributed by atoms with Gasteiger partial charge in [-0.15, -0.1) is 0 Å². The van der Waals surface area contributed by atoms with Gasteiger partial charge >= 0.3 is 6.09 Å². The van der Waals surface area contributed by atoms with Crippen molar-refractivity contribution in [3.8, 4) is 0 Å². The van der Waals surface area contributed by atoms with Gasteiger partial charge in [0.25, 0.3) is 0 Å². The van der Waals surface area contributed by atoms with Gasteiger partial charge in [0.2, 0.25) is 5.92 Å². The van der Waals surface area contributed by atoms with E-state index in [1.165, 1.54) is 0 Å². The highest BCUT2D eigenvalue weighted by Crippen LogP contribution is 2.54. The van der Waals surface area contributed by atoms with E-state index in [1.54, 1.807) is 0 Å². The SMILES string of the molecule is CC(C)(C)OC(=O)NC1CC2(CCC(F)(F)CC2)C1. The second kappa shape index (κ2) is 4.60. The Labute approximate surface area is 113 Å². The Morgan fingerprint density at radius 2 is 1.68 bits per heavy atom. The van der Waals surface area contributed by atoms with E-state index < -0.39 is 17.6 Å². The molecule has 19 heavy (non-hydrogen) atoms. The first-order chi connectivity index (χ1) is 8.59. The van der Waals surface area contributed by atoms with Crippen LogP contribution in [0.2, 0.25) is 0 Å².